The van der Waals surface area contributed by atoms with E-state index in [1.54, 1.807) is 0 Å². The van der Waals surface area contributed by atoms with Crippen molar-refractivity contribution in [3.05, 3.63) is 12.2 Å². The van der Waals surface area contributed by atoms with Crippen LogP contribution in [0.3, 0.4) is 0 Å². The van der Waals surface area contributed by atoms with E-state index in [1.165, 1.54) is 32.1 Å². The summed E-state index contributed by atoms with van der Waals surface area (Å²) in [6.07, 6.45) is 14.3. The first-order chi connectivity index (χ1) is 13.8. The third-order valence-corrected chi connectivity index (χ3v) is 5.29. The first-order valence-corrected chi connectivity index (χ1v) is 11.0. The fourth-order valence-electron chi connectivity index (χ4n) is 3.48. The van der Waals surface area contributed by atoms with E-state index in [-0.39, 0.29) is 43.4 Å². The fourth-order valence-corrected chi connectivity index (χ4v) is 3.48. The largest absolute Gasteiger partial charge is 0.481 e. The molecule has 29 heavy (non-hydrogen) atoms. The number of carboxylic acids is 3. The molecule has 0 atom stereocenters. The highest BCUT2D eigenvalue weighted by molar-refractivity contribution is 5.67. The van der Waals surface area contributed by atoms with Crippen LogP contribution in [-0.2, 0) is 14.4 Å². The molecule has 0 aromatic heterocycles. The van der Waals surface area contributed by atoms with Crippen molar-refractivity contribution in [3.8, 4) is 0 Å². The van der Waals surface area contributed by atoms with Gasteiger partial charge in [-0.25, -0.2) is 0 Å². The van der Waals surface area contributed by atoms with Crippen molar-refractivity contribution < 1.29 is 34.2 Å². The Morgan fingerprint density at radius 3 is 1.45 bits per heavy atom. The molecule has 0 aliphatic heterocycles. The molecule has 0 saturated heterocycles. The van der Waals surface area contributed by atoms with Crippen LogP contribution in [0.25, 0.3) is 0 Å². The van der Waals surface area contributed by atoms with Crippen molar-refractivity contribution in [2.45, 2.75) is 84.0 Å². The number of unbranched alkanes of at least 4 members (excludes halogenated alkanes) is 7. The van der Waals surface area contributed by atoms with Gasteiger partial charge in [0.05, 0.1) is 45.4 Å². The SMILES string of the molecule is CCCCCCC/C=C/CCCC[N+](CCC(=O)O)(CCC(=O)O)CCC(=O)O. The first-order valence-electron chi connectivity index (χ1n) is 11.0. The van der Waals surface area contributed by atoms with Gasteiger partial charge in [0.25, 0.3) is 0 Å². The minimum atomic E-state index is -0.944. The number of carbonyl (C=O) groups is 3. The minimum absolute atomic E-state index is 0.0861. The molecule has 0 aliphatic carbocycles. The molecule has 0 fully saturated rings. The van der Waals surface area contributed by atoms with E-state index in [2.05, 4.69) is 19.1 Å². The van der Waals surface area contributed by atoms with E-state index in [1.807, 2.05) is 0 Å². The fraction of sp³-hybridized carbons (Fsp3) is 0.773. The lowest BCUT2D eigenvalue weighted by atomic mass is 10.1. The number of nitrogens with zero attached hydrogens (tertiary/aromatic N) is 1. The average Bonchev–Trinajstić information content (AvgIpc) is 2.66. The molecule has 168 valence electrons. The quantitative estimate of drug-likeness (QED) is 0.155. The molecule has 0 bridgehead atoms. The third-order valence-electron chi connectivity index (χ3n) is 5.29. The van der Waals surface area contributed by atoms with Gasteiger partial charge >= 0.3 is 17.9 Å². The van der Waals surface area contributed by atoms with Crippen LogP contribution in [0.15, 0.2) is 12.2 Å². The summed E-state index contributed by atoms with van der Waals surface area (Å²) in [6.45, 7) is 3.62. The summed E-state index contributed by atoms with van der Waals surface area (Å²) in [5, 5.41) is 27.1. The Hall–Kier alpha value is -1.89. The van der Waals surface area contributed by atoms with Crippen molar-refractivity contribution in [2.24, 2.45) is 0 Å². The van der Waals surface area contributed by atoms with Gasteiger partial charge in [-0.3, -0.25) is 14.4 Å². The van der Waals surface area contributed by atoms with Crippen LogP contribution in [0.5, 0.6) is 0 Å². The topological polar surface area (TPSA) is 112 Å². The van der Waals surface area contributed by atoms with E-state index in [0.717, 1.165) is 25.7 Å². The first kappa shape index (κ1) is 27.1. The van der Waals surface area contributed by atoms with E-state index in [4.69, 9.17) is 15.3 Å². The molecule has 0 unspecified atom stereocenters. The van der Waals surface area contributed by atoms with Crippen LogP contribution in [0.1, 0.15) is 84.0 Å². The summed E-state index contributed by atoms with van der Waals surface area (Å²) in [6, 6.07) is 0. The molecule has 0 amide bonds. The summed E-state index contributed by atoms with van der Waals surface area (Å²) in [4.78, 5) is 33.1. The van der Waals surface area contributed by atoms with Crippen LogP contribution in [-0.4, -0.2) is 63.9 Å². The standard InChI is InChI=1S/C22H39NO6/c1-2-3-4-5-6-7-8-9-10-11-12-16-23(17-13-20(24)25,18-14-21(26)27)19-15-22(28)29/h8-9H,2-7,10-19H2,1H3,(H2-,24,25,26,27,28,29)/p+1/b9-8+. The molecule has 0 aromatic carbocycles. The number of rotatable bonds is 20. The zero-order chi connectivity index (χ0) is 22.0. The lowest BCUT2D eigenvalue weighted by molar-refractivity contribution is -0.927. The zero-order valence-electron chi connectivity index (χ0n) is 18.0. The molecular formula is C22H40NO6+. The number of allylic oxidation sites excluding steroid dienone is 2. The predicted molar refractivity (Wildman–Crippen MR) is 113 cm³/mol. The summed E-state index contributed by atoms with van der Waals surface area (Å²) < 4.78 is 0.242. The molecular weight excluding hydrogens is 374 g/mol. The second kappa shape index (κ2) is 17.0. The van der Waals surface area contributed by atoms with E-state index < -0.39 is 17.9 Å². The molecule has 7 heteroatoms. The Balaban J connectivity index is 4.49. The molecule has 0 rings (SSSR count). The lowest BCUT2D eigenvalue weighted by Crippen LogP contribution is -2.52. The maximum absolute atomic E-state index is 11.0. The smallest absolute Gasteiger partial charge is 0.309 e. The van der Waals surface area contributed by atoms with E-state index in [9.17, 15) is 14.4 Å². The number of hydrogen-bond acceptors (Lipinski definition) is 3. The third kappa shape index (κ3) is 16.7. The zero-order valence-corrected chi connectivity index (χ0v) is 18.0. The molecule has 0 aliphatic rings. The summed E-state index contributed by atoms with van der Waals surface area (Å²) in [5.41, 5.74) is 0. The minimum Gasteiger partial charge on any atom is -0.481 e. The number of carboxylic acid groups (broad SMARTS) is 3. The van der Waals surface area contributed by atoms with Crippen molar-refractivity contribution in [3.63, 3.8) is 0 Å². The highest BCUT2D eigenvalue weighted by Crippen LogP contribution is 2.16. The maximum Gasteiger partial charge on any atom is 0.309 e. The molecule has 0 spiro atoms. The van der Waals surface area contributed by atoms with E-state index in [0.29, 0.717) is 6.54 Å². The predicted octanol–water partition coefficient (Wildman–Crippen LogP) is 4.31. The maximum atomic E-state index is 11.0. The van der Waals surface area contributed by atoms with Crippen LogP contribution < -0.4 is 0 Å². The van der Waals surface area contributed by atoms with Gasteiger partial charge < -0.3 is 19.8 Å². The van der Waals surface area contributed by atoms with Crippen molar-refractivity contribution >= 4 is 17.9 Å². The molecule has 0 radical (unpaired) electrons. The number of hydrogen-bond donors (Lipinski definition) is 3. The molecule has 0 saturated carbocycles. The van der Waals surface area contributed by atoms with Gasteiger partial charge in [0.15, 0.2) is 0 Å². The van der Waals surface area contributed by atoms with Crippen molar-refractivity contribution in [2.75, 3.05) is 26.2 Å². The Morgan fingerprint density at radius 2 is 1.03 bits per heavy atom. The van der Waals surface area contributed by atoms with Crippen molar-refractivity contribution in [1.82, 2.24) is 0 Å². The second-order valence-electron chi connectivity index (χ2n) is 7.84. The monoisotopic (exact) mass is 414 g/mol. The Labute approximate surface area is 175 Å². The Morgan fingerprint density at radius 1 is 0.621 bits per heavy atom. The lowest BCUT2D eigenvalue weighted by Gasteiger charge is -2.38. The molecule has 0 aromatic rings. The van der Waals surface area contributed by atoms with Gasteiger partial charge in [0.1, 0.15) is 0 Å². The van der Waals surface area contributed by atoms with E-state index >= 15 is 0 Å². The molecule has 0 heterocycles. The average molecular weight is 415 g/mol. The Bertz CT molecular complexity index is 458. The number of aliphatic carboxylic acids is 3. The van der Waals surface area contributed by atoms with Crippen LogP contribution in [0.4, 0.5) is 0 Å². The van der Waals surface area contributed by atoms with Gasteiger partial charge in [0, 0.05) is 0 Å². The second-order valence-corrected chi connectivity index (χ2v) is 7.84. The number of quaternary nitrogens is 1. The summed E-state index contributed by atoms with van der Waals surface area (Å²) in [5.74, 6) is -2.83. The van der Waals surface area contributed by atoms with Crippen molar-refractivity contribution in [1.29, 1.82) is 0 Å². The highest BCUT2D eigenvalue weighted by atomic mass is 16.4. The van der Waals surface area contributed by atoms with Gasteiger partial charge in [-0.05, 0) is 32.1 Å². The van der Waals surface area contributed by atoms with Crippen LogP contribution >= 0.6 is 0 Å². The summed E-state index contributed by atoms with van der Waals surface area (Å²) in [7, 11) is 0. The van der Waals surface area contributed by atoms with Gasteiger partial charge in [-0.1, -0.05) is 44.8 Å². The molecule has 3 N–H and O–H groups in total. The summed E-state index contributed by atoms with van der Waals surface area (Å²) >= 11 is 0. The highest BCUT2D eigenvalue weighted by Gasteiger charge is 2.29. The van der Waals surface area contributed by atoms with Gasteiger partial charge in [-0.2, -0.15) is 0 Å². The Kier molecular flexibility index (Phi) is 15.9. The molecule has 7 nitrogen and oxygen atoms in total. The normalized spacial score (nSPS) is 11.8. The van der Waals surface area contributed by atoms with Crippen LogP contribution in [0.2, 0.25) is 0 Å². The van der Waals surface area contributed by atoms with Gasteiger partial charge in [-0.15, -0.1) is 0 Å². The van der Waals surface area contributed by atoms with Gasteiger partial charge in [0.2, 0.25) is 0 Å². The van der Waals surface area contributed by atoms with Crippen LogP contribution in [0, 0.1) is 0 Å².